The summed E-state index contributed by atoms with van der Waals surface area (Å²) < 4.78 is 0. The van der Waals surface area contributed by atoms with E-state index in [-0.39, 0.29) is 7.43 Å². The third kappa shape index (κ3) is 5.84. The first kappa shape index (κ1) is 23.0. The molecule has 3 aromatic rings. The highest BCUT2D eigenvalue weighted by atomic mass is 32.1. The highest BCUT2D eigenvalue weighted by Gasteiger charge is 2.12. The van der Waals surface area contributed by atoms with Gasteiger partial charge in [-0.2, -0.15) is 12.6 Å². The lowest BCUT2D eigenvalue weighted by Crippen LogP contribution is -2.26. The lowest BCUT2D eigenvalue weighted by molar-refractivity contribution is 0.114. The van der Waals surface area contributed by atoms with Crippen molar-refractivity contribution in [2.45, 2.75) is 27.0 Å². The van der Waals surface area contributed by atoms with Gasteiger partial charge >= 0.3 is 0 Å². The van der Waals surface area contributed by atoms with Crippen molar-refractivity contribution in [1.29, 1.82) is 0 Å². The number of benzene rings is 3. The van der Waals surface area contributed by atoms with Crippen molar-refractivity contribution in [3.05, 3.63) is 83.4 Å². The van der Waals surface area contributed by atoms with Crippen molar-refractivity contribution in [2.24, 2.45) is 5.16 Å². The molecule has 3 nitrogen and oxygen atoms in total. The topological polar surface area (TPSA) is 24.8 Å². The Morgan fingerprint density at radius 1 is 0.931 bits per heavy atom. The fourth-order valence-electron chi connectivity index (χ4n) is 3.28. The smallest absolute Gasteiger partial charge is 0.129 e. The Balaban J connectivity index is 0.00000300. The fraction of sp³-hybridized carbons (Fsp3) is 0.320. The summed E-state index contributed by atoms with van der Waals surface area (Å²) in [6.07, 6.45) is 0. The molecule has 29 heavy (non-hydrogen) atoms. The van der Waals surface area contributed by atoms with E-state index in [2.05, 4.69) is 103 Å². The molecule has 0 spiro atoms. The number of thiol groups is 1. The van der Waals surface area contributed by atoms with Crippen LogP contribution in [-0.2, 0) is 10.6 Å². The van der Waals surface area contributed by atoms with Gasteiger partial charge in [0.2, 0.25) is 0 Å². The summed E-state index contributed by atoms with van der Waals surface area (Å²) in [5.41, 5.74) is 4.18. The number of hydrogen-bond acceptors (Lipinski definition) is 4. The number of rotatable bonds is 9. The lowest BCUT2D eigenvalue weighted by atomic mass is 9.96. The van der Waals surface area contributed by atoms with Gasteiger partial charge in [0, 0.05) is 23.4 Å². The molecule has 0 aliphatic heterocycles. The minimum Gasteiger partial charge on any atom is -0.394 e. The number of oxime groups is 1. The zero-order valence-corrected chi connectivity index (χ0v) is 17.5. The Labute approximate surface area is 180 Å². The van der Waals surface area contributed by atoms with Crippen molar-refractivity contribution >= 4 is 29.1 Å². The minimum atomic E-state index is 0. The van der Waals surface area contributed by atoms with Crippen molar-refractivity contribution < 1.29 is 4.84 Å². The van der Waals surface area contributed by atoms with Crippen LogP contribution in [0.3, 0.4) is 0 Å². The van der Waals surface area contributed by atoms with Gasteiger partial charge in [0.25, 0.3) is 0 Å². The molecule has 4 heteroatoms. The van der Waals surface area contributed by atoms with Crippen LogP contribution in [0.2, 0.25) is 0 Å². The normalized spacial score (nSPS) is 11.5. The highest BCUT2D eigenvalue weighted by Crippen LogP contribution is 2.23. The maximum Gasteiger partial charge on any atom is 0.129 e. The van der Waals surface area contributed by atoms with Crippen LogP contribution >= 0.6 is 12.6 Å². The molecule has 0 aliphatic carbocycles. The molecule has 0 fully saturated rings. The lowest BCUT2D eigenvalue weighted by Gasteiger charge is -2.17. The molecular formula is C25H32N2OS. The van der Waals surface area contributed by atoms with E-state index in [1.807, 2.05) is 0 Å². The third-order valence-electron chi connectivity index (χ3n) is 5.00. The molecule has 0 saturated carbocycles. The predicted molar refractivity (Wildman–Crippen MR) is 129 cm³/mol. The summed E-state index contributed by atoms with van der Waals surface area (Å²) in [6, 6.07) is 23.1. The highest BCUT2D eigenvalue weighted by molar-refractivity contribution is 7.79. The maximum absolute atomic E-state index is 5.78. The van der Waals surface area contributed by atoms with Crippen molar-refractivity contribution in [2.75, 3.05) is 26.2 Å². The van der Waals surface area contributed by atoms with Crippen molar-refractivity contribution in [3.8, 4) is 0 Å². The van der Waals surface area contributed by atoms with E-state index < -0.39 is 0 Å². The van der Waals surface area contributed by atoms with Crippen LogP contribution in [0.25, 0.3) is 10.8 Å². The molecule has 0 aliphatic rings. The van der Waals surface area contributed by atoms with Crippen LogP contribution in [0, 0.1) is 0 Å². The van der Waals surface area contributed by atoms with Crippen LogP contribution < -0.4 is 0 Å². The average molecular weight is 409 g/mol. The van der Waals surface area contributed by atoms with Gasteiger partial charge in [-0.05, 0) is 29.4 Å². The summed E-state index contributed by atoms with van der Waals surface area (Å²) in [6.45, 7) is 7.81. The maximum atomic E-state index is 5.78. The number of hydrogen-bond donors (Lipinski definition) is 1. The zero-order valence-electron chi connectivity index (χ0n) is 16.6. The van der Waals surface area contributed by atoms with Crippen LogP contribution in [-0.4, -0.2) is 36.9 Å². The van der Waals surface area contributed by atoms with E-state index in [4.69, 9.17) is 4.84 Å². The fourth-order valence-corrected chi connectivity index (χ4v) is 3.49. The molecule has 0 unspecified atom stereocenters. The van der Waals surface area contributed by atoms with Crippen LogP contribution in [0.15, 0.2) is 71.9 Å². The average Bonchev–Trinajstić information content (AvgIpc) is 2.76. The van der Waals surface area contributed by atoms with E-state index in [1.165, 1.54) is 16.3 Å². The molecule has 0 bridgehead atoms. The van der Waals surface area contributed by atoms with Gasteiger partial charge in [-0.1, -0.05) is 93.2 Å². The molecule has 0 saturated heterocycles. The first-order valence-corrected chi connectivity index (χ1v) is 10.5. The van der Waals surface area contributed by atoms with Gasteiger partial charge in [0.1, 0.15) is 12.3 Å². The summed E-state index contributed by atoms with van der Waals surface area (Å²) in [5.74, 6) is 0.724. The number of fused-ring (bicyclic) bond motifs is 1. The molecule has 154 valence electrons. The minimum absolute atomic E-state index is 0. The van der Waals surface area contributed by atoms with Crippen LogP contribution in [0.4, 0.5) is 0 Å². The monoisotopic (exact) mass is 408 g/mol. The molecule has 0 aromatic heterocycles. The Morgan fingerprint density at radius 3 is 2.31 bits per heavy atom. The van der Waals surface area contributed by atoms with E-state index >= 15 is 0 Å². The predicted octanol–water partition coefficient (Wildman–Crippen LogP) is 6.02. The molecule has 3 rings (SSSR count). The first-order chi connectivity index (χ1) is 13.8. The largest absolute Gasteiger partial charge is 0.394 e. The van der Waals surface area contributed by atoms with E-state index in [0.717, 1.165) is 42.2 Å². The van der Waals surface area contributed by atoms with Gasteiger partial charge in [0.05, 0.1) is 0 Å². The second-order valence-corrected chi connectivity index (χ2v) is 7.00. The van der Waals surface area contributed by atoms with Gasteiger partial charge in [-0.25, -0.2) is 0 Å². The van der Waals surface area contributed by atoms with Gasteiger partial charge in [-0.15, -0.1) is 0 Å². The summed E-state index contributed by atoms with van der Waals surface area (Å²) in [5, 5.41) is 6.95. The zero-order chi connectivity index (χ0) is 19.8. The SMILES string of the molecule is C.CCN(CC)CCO/N=C(/c1ccc(CS)cc1)c1cccc2ccccc12. The molecular weight excluding hydrogens is 376 g/mol. The molecule has 3 aromatic carbocycles. The summed E-state index contributed by atoms with van der Waals surface area (Å²) >= 11 is 4.36. The third-order valence-corrected chi connectivity index (χ3v) is 5.37. The Morgan fingerprint density at radius 2 is 1.62 bits per heavy atom. The number of likely N-dealkylation sites (N-methyl/N-ethyl adjacent to an activating group) is 1. The molecule has 0 heterocycles. The summed E-state index contributed by atoms with van der Waals surface area (Å²) in [7, 11) is 0. The summed E-state index contributed by atoms with van der Waals surface area (Å²) in [4.78, 5) is 8.10. The van der Waals surface area contributed by atoms with Crippen LogP contribution in [0.1, 0.15) is 38.0 Å². The van der Waals surface area contributed by atoms with E-state index in [1.54, 1.807) is 0 Å². The van der Waals surface area contributed by atoms with Crippen molar-refractivity contribution in [1.82, 2.24) is 4.90 Å². The molecule has 0 atom stereocenters. The first-order valence-electron chi connectivity index (χ1n) is 9.87. The molecule has 0 radical (unpaired) electrons. The molecule has 0 amide bonds. The van der Waals surface area contributed by atoms with E-state index in [0.29, 0.717) is 6.61 Å². The van der Waals surface area contributed by atoms with Gasteiger partial charge < -0.3 is 9.74 Å². The van der Waals surface area contributed by atoms with Gasteiger partial charge in [-0.3, -0.25) is 0 Å². The Hall–Kier alpha value is -2.30. The molecule has 0 N–H and O–H groups in total. The van der Waals surface area contributed by atoms with Crippen molar-refractivity contribution in [3.63, 3.8) is 0 Å². The quantitative estimate of drug-likeness (QED) is 0.203. The van der Waals surface area contributed by atoms with E-state index in [9.17, 15) is 0 Å². The van der Waals surface area contributed by atoms with Gasteiger partial charge in [0.15, 0.2) is 0 Å². The second-order valence-electron chi connectivity index (χ2n) is 6.68. The Kier molecular flexibility index (Phi) is 9.23. The Bertz CT molecular complexity index is 912. The standard InChI is InChI=1S/C24H28N2OS.CH4/c1-3-26(4-2)16-17-27-25-24(21-14-12-19(18-28)13-15-21)23-11-7-9-20-8-5-6-10-22(20)23;/h5-15,28H,3-4,16-18H2,1-2H3;1H4/b25-24-;. The number of nitrogens with zero attached hydrogens (tertiary/aromatic N) is 2. The second kappa shape index (κ2) is 11.6. The van der Waals surface area contributed by atoms with Crippen LogP contribution in [0.5, 0.6) is 0 Å².